The van der Waals surface area contributed by atoms with Crippen molar-refractivity contribution in [1.29, 1.82) is 0 Å². The quantitative estimate of drug-likeness (QED) is 0.844. The molecule has 4 nitrogen and oxygen atoms in total. The van der Waals surface area contributed by atoms with Crippen molar-refractivity contribution in [1.82, 2.24) is 0 Å². The van der Waals surface area contributed by atoms with Crippen LogP contribution in [0.2, 0.25) is 0 Å². The molecular weight excluding hydrogens is 290 g/mol. The van der Waals surface area contributed by atoms with Gasteiger partial charge >= 0.3 is 6.09 Å². The Balaban J connectivity index is 1.95. The summed E-state index contributed by atoms with van der Waals surface area (Å²) < 4.78 is 32.5. The Hall–Kier alpha value is -2.76. The van der Waals surface area contributed by atoms with E-state index in [2.05, 4.69) is 5.10 Å². The van der Waals surface area contributed by atoms with E-state index in [0.717, 1.165) is 5.01 Å². The van der Waals surface area contributed by atoms with E-state index in [4.69, 9.17) is 4.74 Å². The van der Waals surface area contributed by atoms with Gasteiger partial charge in [0.25, 0.3) is 0 Å². The van der Waals surface area contributed by atoms with Crippen LogP contribution >= 0.6 is 0 Å². The van der Waals surface area contributed by atoms with E-state index >= 15 is 0 Å². The van der Waals surface area contributed by atoms with Gasteiger partial charge in [-0.3, -0.25) is 0 Å². The van der Waals surface area contributed by atoms with E-state index in [-0.39, 0.29) is 17.7 Å². The van der Waals surface area contributed by atoms with Crippen LogP contribution in [0.1, 0.15) is 5.56 Å². The smallest absolute Gasteiger partial charge is 0.435 e. The number of cyclic esters (lactones) is 1. The number of aryl methyl sites for hydroxylation is 1. The molecule has 6 heteroatoms. The average Bonchev–Trinajstić information content (AvgIpc) is 2.54. The number of halogens is 2. The zero-order valence-corrected chi connectivity index (χ0v) is 11.7. The van der Waals surface area contributed by atoms with Gasteiger partial charge in [0.05, 0.1) is 11.9 Å². The molecule has 3 rings (SSSR count). The fourth-order valence-electron chi connectivity index (χ4n) is 2.16. The van der Waals surface area contributed by atoms with Gasteiger partial charge in [0.2, 0.25) is 0 Å². The Morgan fingerprint density at radius 1 is 1.09 bits per heavy atom. The lowest BCUT2D eigenvalue weighted by molar-refractivity contribution is 0.167. The van der Waals surface area contributed by atoms with Gasteiger partial charge in [-0.05, 0) is 30.2 Å². The maximum atomic E-state index is 14.0. The van der Waals surface area contributed by atoms with Crippen molar-refractivity contribution in [2.24, 2.45) is 5.10 Å². The summed E-state index contributed by atoms with van der Waals surface area (Å²) in [6, 6.07) is 9.43. The van der Waals surface area contributed by atoms with E-state index < -0.39 is 17.7 Å². The molecule has 1 aliphatic rings. The van der Waals surface area contributed by atoms with E-state index in [1.165, 1.54) is 25.3 Å². The van der Waals surface area contributed by atoms with Crippen molar-refractivity contribution >= 4 is 18.0 Å². The number of carbonyl (C=O) groups excluding carboxylic acids is 1. The molecule has 0 spiro atoms. The van der Waals surface area contributed by atoms with Crippen LogP contribution in [0.25, 0.3) is 11.1 Å². The summed E-state index contributed by atoms with van der Waals surface area (Å²) in [6.45, 7) is 1.65. The number of nitrogens with zero attached hydrogens (tertiary/aromatic N) is 2. The normalized spacial score (nSPS) is 14.1. The molecule has 0 aromatic heterocycles. The maximum absolute atomic E-state index is 14.0. The SMILES string of the molecule is Cc1ccc(-c2ccc(N3N=CCOC3=O)cc2)c(F)c1F. The van der Waals surface area contributed by atoms with Gasteiger partial charge < -0.3 is 4.74 Å². The molecule has 0 atom stereocenters. The summed E-state index contributed by atoms with van der Waals surface area (Å²) in [5.74, 6) is -1.74. The minimum Gasteiger partial charge on any atom is -0.442 e. The molecule has 0 unspecified atom stereocenters. The highest BCUT2D eigenvalue weighted by Gasteiger charge is 2.19. The second kappa shape index (κ2) is 5.55. The Bertz CT molecular complexity index is 757. The average molecular weight is 302 g/mol. The van der Waals surface area contributed by atoms with Gasteiger partial charge in [0.1, 0.15) is 6.61 Å². The van der Waals surface area contributed by atoms with Crippen LogP contribution in [-0.4, -0.2) is 18.9 Å². The first-order valence-electron chi connectivity index (χ1n) is 6.62. The zero-order chi connectivity index (χ0) is 15.7. The predicted octanol–water partition coefficient (Wildman–Crippen LogP) is 3.88. The molecule has 0 N–H and O–H groups in total. The summed E-state index contributed by atoms with van der Waals surface area (Å²) in [5, 5.41) is 5.02. The van der Waals surface area contributed by atoms with Gasteiger partial charge in [0.15, 0.2) is 11.6 Å². The monoisotopic (exact) mass is 302 g/mol. The highest BCUT2D eigenvalue weighted by Crippen LogP contribution is 2.28. The topological polar surface area (TPSA) is 41.9 Å². The number of benzene rings is 2. The molecule has 0 saturated heterocycles. The lowest BCUT2D eigenvalue weighted by atomic mass is 10.0. The van der Waals surface area contributed by atoms with Gasteiger partial charge in [-0.25, -0.2) is 13.6 Å². The Labute approximate surface area is 125 Å². The van der Waals surface area contributed by atoms with Crippen molar-refractivity contribution in [3.8, 4) is 11.1 Å². The minimum absolute atomic E-state index is 0.140. The second-order valence-corrected chi connectivity index (χ2v) is 4.79. The van der Waals surface area contributed by atoms with Gasteiger partial charge in [-0.2, -0.15) is 10.1 Å². The molecule has 0 bridgehead atoms. The van der Waals surface area contributed by atoms with Crippen molar-refractivity contribution in [2.75, 3.05) is 11.6 Å². The van der Waals surface area contributed by atoms with Crippen LogP contribution in [0, 0.1) is 18.6 Å². The van der Waals surface area contributed by atoms with Crippen molar-refractivity contribution < 1.29 is 18.3 Å². The standard InChI is InChI=1S/C16H12F2N2O2/c1-10-2-7-13(15(18)14(10)17)11-3-5-12(6-4-11)20-16(21)22-9-8-19-20/h2-8H,9H2,1H3. The number of ether oxygens (including phenoxy) is 1. The predicted molar refractivity (Wildman–Crippen MR) is 78.9 cm³/mol. The molecule has 1 aliphatic heterocycles. The number of rotatable bonds is 2. The highest BCUT2D eigenvalue weighted by molar-refractivity contribution is 5.91. The number of carbonyl (C=O) groups is 1. The molecule has 22 heavy (non-hydrogen) atoms. The maximum Gasteiger partial charge on any atom is 0.435 e. The first-order valence-corrected chi connectivity index (χ1v) is 6.62. The van der Waals surface area contributed by atoms with Crippen molar-refractivity contribution in [3.63, 3.8) is 0 Å². The van der Waals surface area contributed by atoms with Crippen molar-refractivity contribution in [2.45, 2.75) is 6.92 Å². The molecule has 112 valence electrons. The number of anilines is 1. The molecule has 1 heterocycles. The molecule has 0 fully saturated rings. The Morgan fingerprint density at radius 3 is 2.50 bits per heavy atom. The van der Waals surface area contributed by atoms with Gasteiger partial charge in [-0.1, -0.05) is 24.3 Å². The third kappa shape index (κ3) is 2.43. The van der Waals surface area contributed by atoms with Gasteiger partial charge in [-0.15, -0.1) is 0 Å². The zero-order valence-electron chi connectivity index (χ0n) is 11.7. The van der Waals surface area contributed by atoms with E-state index in [0.29, 0.717) is 11.3 Å². The third-order valence-corrected chi connectivity index (χ3v) is 3.35. The Morgan fingerprint density at radius 2 is 1.82 bits per heavy atom. The minimum atomic E-state index is -0.886. The number of hydrazone groups is 1. The molecule has 0 aliphatic carbocycles. The number of hydrogen-bond donors (Lipinski definition) is 0. The van der Waals surface area contributed by atoms with Crippen LogP contribution in [0.4, 0.5) is 19.3 Å². The third-order valence-electron chi connectivity index (χ3n) is 3.35. The number of hydrogen-bond acceptors (Lipinski definition) is 3. The summed E-state index contributed by atoms with van der Waals surface area (Å²) in [4.78, 5) is 11.6. The second-order valence-electron chi connectivity index (χ2n) is 4.79. The van der Waals surface area contributed by atoms with Crippen LogP contribution in [0.15, 0.2) is 41.5 Å². The fraction of sp³-hybridized carbons (Fsp3) is 0.125. The van der Waals surface area contributed by atoms with Gasteiger partial charge in [0, 0.05) is 5.56 Å². The largest absolute Gasteiger partial charge is 0.442 e. The summed E-state index contributed by atoms with van der Waals surface area (Å²) >= 11 is 0. The van der Waals surface area contributed by atoms with Crippen LogP contribution in [0.5, 0.6) is 0 Å². The van der Waals surface area contributed by atoms with E-state index in [1.807, 2.05) is 0 Å². The summed E-state index contributed by atoms with van der Waals surface area (Å²) in [6.07, 6.45) is 0.882. The van der Waals surface area contributed by atoms with E-state index in [1.54, 1.807) is 24.3 Å². The first kappa shape index (κ1) is 14.2. The van der Waals surface area contributed by atoms with Crippen LogP contribution < -0.4 is 5.01 Å². The molecule has 2 aromatic rings. The number of amides is 1. The molecule has 2 aromatic carbocycles. The first-order chi connectivity index (χ1) is 10.6. The summed E-state index contributed by atoms with van der Waals surface area (Å²) in [5.41, 5.74) is 1.41. The molecular formula is C16H12F2N2O2. The Kier molecular flexibility index (Phi) is 3.58. The fourth-order valence-corrected chi connectivity index (χ4v) is 2.16. The van der Waals surface area contributed by atoms with Crippen molar-refractivity contribution in [3.05, 3.63) is 53.6 Å². The van der Waals surface area contributed by atoms with Crippen LogP contribution in [-0.2, 0) is 4.74 Å². The van der Waals surface area contributed by atoms with E-state index in [9.17, 15) is 13.6 Å². The summed E-state index contributed by atoms with van der Waals surface area (Å²) in [7, 11) is 0. The molecule has 0 saturated carbocycles. The lowest BCUT2D eigenvalue weighted by Crippen LogP contribution is -2.31. The van der Waals surface area contributed by atoms with Crippen LogP contribution in [0.3, 0.4) is 0 Å². The molecule has 1 amide bonds. The highest BCUT2D eigenvalue weighted by atomic mass is 19.2. The molecule has 0 radical (unpaired) electrons. The lowest BCUT2D eigenvalue weighted by Gasteiger charge is -2.19.